The fraction of sp³-hybridized carbons (Fsp3) is 0.412. The number of aryl methyl sites for hydroxylation is 1. The lowest BCUT2D eigenvalue weighted by Gasteiger charge is -2.34. The maximum atomic E-state index is 13.2. The van der Waals surface area contributed by atoms with E-state index in [4.69, 9.17) is 0 Å². The zero-order valence-corrected chi connectivity index (χ0v) is 14.0. The summed E-state index contributed by atoms with van der Waals surface area (Å²) in [5.41, 5.74) is 0.727. The van der Waals surface area contributed by atoms with Crippen molar-refractivity contribution in [2.75, 3.05) is 31.1 Å². The van der Waals surface area contributed by atoms with Crippen molar-refractivity contribution in [2.45, 2.75) is 19.8 Å². The zero-order valence-electron chi connectivity index (χ0n) is 13.2. The normalized spacial score (nSPS) is 15.0. The molecule has 0 aliphatic carbocycles. The van der Waals surface area contributed by atoms with Crippen LogP contribution in [0.4, 0.5) is 9.52 Å². The number of hydrogen-bond donors (Lipinski definition) is 0. The number of thiazole rings is 1. The Morgan fingerprint density at radius 3 is 2.74 bits per heavy atom. The predicted molar refractivity (Wildman–Crippen MR) is 90.4 cm³/mol. The van der Waals surface area contributed by atoms with E-state index in [2.05, 4.69) is 16.8 Å². The number of piperazine rings is 1. The molecule has 0 atom stereocenters. The molecule has 4 nitrogen and oxygen atoms in total. The Balaban J connectivity index is 1.55. The highest BCUT2D eigenvalue weighted by molar-refractivity contribution is 7.15. The Kier molecular flexibility index (Phi) is 4.91. The van der Waals surface area contributed by atoms with Gasteiger partial charge in [-0.3, -0.25) is 4.79 Å². The van der Waals surface area contributed by atoms with Crippen molar-refractivity contribution >= 4 is 22.4 Å². The van der Waals surface area contributed by atoms with Crippen LogP contribution in [0.25, 0.3) is 0 Å². The molecule has 1 aliphatic heterocycles. The van der Waals surface area contributed by atoms with Crippen LogP contribution in [0.1, 0.15) is 17.4 Å². The molecule has 1 aromatic heterocycles. The third-order valence-corrected chi connectivity index (χ3v) is 5.24. The average Bonchev–Trinajstić information content (AvgIpc) is 3.04. The van der Waals surface area contributed by atoms with Gasteiger partial charge in [0.25, 0.3) is 0 Å². The van der Waals surface area contributed by atoms with Crippen molar-refractivity contribution in [1.29, 1.82) is 0 Å². The van der Waals surface area contributed by atoms with Crippen LogP contribution in [0.5, 0.6) is 0 Å². The Hall–Kier alpha value is -1.95. The quantitative estimate of drug-likeness (QED) is 0.863. The predicted octanol–water partition coefficient (Wildman–Crippen LogP) is 2.74. The van der Waals surface area contributed by atoms with E-state index in [1.165, 1.54) is 17.0 Å². The first-order valence-corrected chi connectivity index (χ1v) is 8.69. The molecule has 2 heterocycles. The van der Waals surface area contributed by atoms with Crippen molar-refractivity contribution < 1.29 is 9.18 Å². The molecular formula is C17H20FN3OS. The van der Waals surface area contributed by atoms with E-state index in [1.54, 1.807) is 23.5 Å². The minimum Gasteiger partial charge on any atom is -0.345 e. The maximum absolute atomic E-state index is 13.2. The molecule has 1 fully saturated rings. The van der Waals surface area contributed by atoms with Crippen LogP contribution in [-0.4, -0.2) is 42.0 Å². The fourth-order valence-electron chi connectivity index (χ4n) is 2.69. The zero-order chi connectivity index (χ0) is 16.2. The number of aromatic nitrogens is 1. The second kappa shape index (κ2) is 7.08. The molecule has 1 saturated heterocycles. The lowest BCUT2D eigenvalue weighted by atomic mass is 10.1. The topological polar surface area (TPSA) is 36.4 Å². The van der Waals surface area contributed by atoms with Crippen molar-refractivity contribution in [3.05, 3.63) is 46.7 Å². The molecule has 6 heteroatoms. The molecule has 0 saturated carbocycles. The summed E-state index contributed by atoms with van der Waals surface area (Å²) in [7, 11) is 0. The number of nitrogens with zero attached hydrogens (tertiary/aromatic N) is 3. The van der Waals surface area contributed by atoms with Gasteiger partial charge in [-0.1, -0.05) is 19.1 Å². The second-order valence-corrected chi connectivity index (χ2v) is 6.73. The number of rotatable bonds is 4. The molecule has 23 heavy (non-hydrogen) atoms. The first-order valence-electron chi connectivity index (χ1n) is 7.87. The molecular weight excluding hydrogens is 313 g/mol. The number of amides is 1. The number of benzene rings is 1. The minimum atomic E-state index is -0.296. The highest BCUT2D eigenvalue weighted by Crippen LogP contribution is 2.24. The Labute approximate surface area is 139 Å². The van der Waals surface area contributed by atoms with E-state index >= 15 is 0 Å². The van der Waals surface area contributed by atoms with E-state index in [1.807, 2.05) is 11.1 Å². The molecule has 0 unspecified atom stereocenters. The fourth-order valence-corrected chi connectivity index (χ4v) is 3.59. The summed E-state index contributed by atoms with van der Waals surface area (Å²) in [6, 6.07) is 6.25. The van der Waals surface area contributed by atoms with Gasteiger partial charge >= 0.3 is 0 Å². The molecule has 0 N–H and O–H groups in total. The average molecular weight is 333 g/mol. The van der Waals surface area contributed by atoms with Crippen LogP contribution in [0.3, 0.4) is 0 Å². The molecule has 0 spiro atoms. The summed E-state index contributed by atoms with van der Waals surface area (Å²) < 4.78 is 13.2. The van der Waals surface area contributed by atoms with Crippen LogP contribution >= 0.6 is 11.3 Å². The summed E-state index contributed by atoms with van der Waals surface area (Å²) in [6.45, 7) is 5.10. The SMILES string of the molecule is CCc1cnc(N2CCN(C(=O)Cc3cccc(F)c3)CC2)s1. The molecule has 1 aromatic carbocycles. The van der Waals surface area contributed by atoms with Crippen molar-refractivity contribution in [3.63, 3.8) is 0 Å². The molecule has 1 aliphatic rings. The largest absolute Gasteiger partial charge is 0.345 e. The van der Waals surface area contributed by atoms with Crippen LogP contribution < -0.4 is 4.90 Å². The minimum absolute atomic E-state index is 0.0589. The smallest absolute Gasteiger partial charge is 0.227 e. The number of anilines is 1. The van der Waals surface area contributed by atoms with E-state index in [9.17, 15) is 9.18 Å². The van der Waals surface area contributed by atoms with Crippen LogP contribution in [0, 0.1) is 5.82 Å². The van der Waals surface area contributed by atoms with Crippen LogP contribution in [0.15, 0.2) is 30.5 Å². The first-order chi connectivity index (χ1) is 11.2. The van der Waals surface area contributed by atoms with Gasteiger partial charge in [0, 0.05) is 37.3 Å². The lowest BCUT2D eigenvalue weighted by Crippen LogP contribution is -2.49. The van der Waals surface area contributed by atoms with Gasteiger partial charge < -0.3 is 9.80 Å². The van der Waals surface area contributed by atoms with Gasteiger partial charge in [0.05, 0.1) is 6.42 Å². The summed E-state index contributed by atoms with van der Waals surface area (Å²) in [6.07, 6.45) is 3.19. The van der Waals surface area contributed by atoms with E-state index in [-0.39, 0.29) is 18.1 Å². The monoisotopic (exact) mass is 333 g/mol. The van der Waals surface area contributed by atoms with Crippen LogP contribution in [0.2, 0.25) is 0 Å². The van der Waals surface area contributed by atoms with Crippen LogP contribution in [-0.2, 0) is 17.6 Å². The van der Waals surface area contributed by atoms with E-state index in [0.717, 1.165) is 30.2 Å². The molecule has 1 amide bonds. The molecule has 0 bridgehead atoms. The van der Waals surface area contributed by atoms with Gasteiger partial charge in [-0.25, -0.2) is 9.37 Å². The summed E-state index contributed by atoms with van der Waals surface area (Å²) in [5, 5.41) is 1.04. The third-order valence-electron chi connectivity index (χ3n) is 4.04. The summed E-state index contributed by atoms with van der Waals surface area (Å²) >= 11 is 1.72. The molecule has 2 aromatic rings. The summed E-state index contributed by atoms with van der Waals surface area (Å²) in [5.74, 6) is -0.237. The van der Waals surface area contributed by atoms with Gasteiger partial charge in [0.2, 0.25) is 5.91 Å². The van der Waals surface area contributed by atoms with Gasteiger partial charge in [0.15, 0.2) is 5.13 Å². The highest BCUT2D eigenvalue weighted by Gasteiger charge is 2.22. The standard InChI is InChI=1S/C17H20FN3OS/c1-2-15-12-19-17(23-15)21-8-6-20(7-9-21)16(22)11-13-4-3-5-14(18)10-13/h3-5,10,12H,2,6-9,11H2,1H3. The number of carbonyl (C=O) groups excluding carboxylic acids is 1. The lowest BCUT2D eigenvalue weighted by molar-refractivity contribution is -0.130. The Morgan fingerprint density at radius 1 is 1.30 bits per heavy atom. The molecule has 122 valence electrons. The third kappa shape index (κ3) is 3.88. The Morgan fingerprint density at radius 2 is 2.09 bits per heavy atom. The number of hydrogen-bond acceptors (Lipinski definition) is 4. The molecule has 3 rings (SSSR count). The highest BCUT2D eigenvalue weighted by atomic mass is 32.1. The van der Waals surface area contributed by atoms with E-state index in [0.29, 0.717) is 13.1 Å². The molecule has 0 radical (unpaired) electrons. The van der Waals surface area contributed by atoms with Gasteiger partial charge in [-0.15, -0.1) is 11.3 Å². The number of halogens is 1. The summed E-state index contributed by atoms with van der Waals surface area (Å²) in [4.78, 5) is 22.2. The van der Waals surface area contributed by atoms with E-state index < -0.39 is 0 Å². The number of carbonyl (C=O) groups is 1. The van der Waals surface area contributed by atoms with Gasteiger partial charge in [-0.2, -0.15) is 0 Å². The maximum Gasteiger partial charge on any atom is 0.227 e. The second-order valence-electron chi connectivity index (χ2n) is 5.64. The van der Waals surface area contributed by atoms with Crippen molar-refractivity contribution in [3.8, 4) is 0 Å². The first kappa shape index (κ1) is 15.9. The van der Waals surface area contributed by atoms with Gasteiger partial charge in [0.1, 0.15) is 5.82 Å². The van der Waals surface area contributed by atoms with Crippen molar-refractivity contribution in [2.24, 2.45) is 0 Å². The Bertz CT molecular complexity index is 680. The van der Waals surface area contributed by atoms with Gasteiger partial charge in [-0.05, 0) is 24.1 Å². The van der Waals surface area contributed by atoms with Crippen molar-refractivity contribution in [1.82, 2.24) is 9.88 Å².